The minimum Gasteiger partial charge on any atom is -0.468 e. The van der Waals surface area contributed by atoms with E-state index < -0.39 is 9.84 Å². The first kappa shape index (κ1) is 11.7. The molecular formula is C11H17NO3S. The van der Waals surface area contributed by atoms with Gasteiger partial charge in [0.05, 0.1) is 12.0 Å². The van der Waals surface area contributed by atoms with Crippen LogP contribution in [-0.2, 0) is 15.6 Å². The van der Waals surface area contributed by atoms with Crippen molar-refractivity contribution in [1.82, 2.24) is 5.32 Å². The predicted octanol–water partition coefficient (Wildman–Crippen LogP) is 1.19. The highest BCUT2D eigenvalue weighted by Crippen LogP contribution is 2.15. The zero-order valence-electron chi connectivity index (χ0n) is 9.19. The van der Waals surface area contributed by atoms with Crippen LogP contribution in [0.3, 0.4) is 0 Å². The summed E-state index contributed by atoms with van der Waals surface area (Å²) in [5.41, 5.74) is 0. The van der Waals surface area contributed by atoms with E-state index in [0.29, 0.717) is 5.76 Å². The first-order valence-electron chi connectivity index (χ1n) is 5.59. The van der Waals surface area contributed by atoms with Crippen molar-refractivity contribution in [3.8, 4) is 0 Å². The van der Waals surface area contributed by atoms with Gasteiger partial charge < -0.3 is 9.73 Å². The van der Waals surface area contributed by atoms with E-state index in [9.17, 15) is 8.42 Å². The van der Waals surface area contributed by atoms with Gasteiger partial charge in [0.25, 0.3) is 0 Å². The number of piperidine rings is 1. The summed E-state index contributed by atoms with van der Waals surface area (Å²) < 4.78 is 28.8. The summed E-state index contributed by atoms with van der Waals surface area (Å²) in [7, 11) is -3.04. The lowest BCUT2D eigenvalue weighted by molar-refractivity contribution is 0.403. The van der Waals surface area contributed by atoms with Gasteiger partial charge in [-0.1, -0.05) is 0 Å². The molecule has 1 N–H and O–H groups in total. The van der Waals surface area contributed by atoms with Crippen molar-refractivity contribution in [2.75, 3.05) is 18.8 Å². The lowest BCUT2D eigenvalue weighted by Crippen LogP contribution is -2.34. The molecule has 2 heterocycles. The van der Waals surface area contributed by atoms with Crippen molar-refractivity contribution in [3.05, 3.63) is 24.2 Å². The third-order valence-corrected chi connectivity index (χ3v) is 4.53. The molecule has 0 bridgehead atoms. The second kappa shape index (κ2) is 5.01. The summed E-state index contributed by atoms with van der Waals surface area (Å²) in [4.78, 5) is 0. The number of hydrogen-bond donors (Lipinski definition) is 1. The highest BCUT2D eigenvalue weighted by atomic mass is 32.2. The molecule has 1 atom stereocenters. The summed E-state index contributed by atoms with van der Waals surface area (Å²) >= 11 is 0. The summed E-state index contributed by atoms with van der Waals surface area (Å²) in [5, 5.41) is 3.23. The smallest absolute Gasteiger partial charge is 0.157 e. The quantitative estimate of drug-likeness (QED) is 0.863. The van der Waals surface area contributed by atoms with E-state index in [1.54, 1.807) is 12.1 Å². The summed E-state index contributed by atoms with van der Waals surface area (Å²) in [6, 6.07) is 3.42. The Hall–Kier alpha value is -0.810. The van der Waals surface area contributed by atoms with Crippen molar-refractivity contribution < 1.29 is 12.8 Å². The molecule has 5 heteroatoms. The van der Waals surface area contributed by atoms with E-state index in [1.807, 2.05) is 0 Å². The van der Waals surface area contributed by atoms with Crippen molar-refractivity contribution in [1.29, 1.82) is 0 Å². The van der Waals surface area contributed by atoms with E-state index in [1.165, 1.54) is 6.26 Å². The molecule has 0 aliphatic carbocycles. The molecule has 90 valence electrons. The lowest BCUT2D eigenvalue weighted by Gasteiger charge is -2.22. The average Bonchev–Trinajstić information content (AvgIpc) is 2.70. The number of hydrogen-bond acceptors (Lipinski definition) is 4. The van der Waals surface area contributed by atoms with Crippen LogP contribution in [0.25, 0.3) is 0 Å². The Morgan fingerprint density at radius 2 is 2.38 bits per heavy atom. The van der Waals surface area contributed by atoms with E-state index >= 15 is 0 Å². The fraction of sp³-hybridized carbons (Fsp3) is 0.636. The van der Waals surface area contributed by atoms with Crippen molar-refractivity contribution in [3.63, 3.8) is 0 Å². The van der Waals surface area contributed by atoms with E-state index in [0.717, 1.165) is 25.9 Å². The Bertz CT molecular complexity index is 404. The average molecular weight is 243 g/mol. The maximum absolute atomic E-state index is 11.9. The molecule has 16 heavy (non-hydrogen) atoms. The van der Waals surface area contributed by atoms with Crippen LogP contribution in [-0.4, -0.2) is 27.3 Å². The van der Waals surface area contributed by atoms with Crippen molar-refractivity contribution >= 4 is 9.84 Å². The second-order valence-corrected chi connectivity index (χ2v) is 6.46. The fourth-order valence-corrected chi connectivity index (χ4v) is 3.81. The number of furan rings is 1. The van der Waals surface area contributed by atoms with Gasteiger partial charge in [-0.2, -0.15) is 0 Å². The molecular weight excluding hydrogens is 226 g/mol. The van der Waals surface area contributed by atoms with Gasteiger partial charge in [0.1, 0.15) is 11.5 Å². The van der Waals surface area contributed by atoms with Crippen LogP contribution in [0, 0.1) is 5.92 Å². The first-order chi connectivity index (χ1) is 7.66. The lowest BCUT2D eigenvalue weighted by atomic mass is 10.0. The number of nitrogens with one attached hydrogen (secondary N) is 1. The maximum atomic E-state index is 11.9. The topological polar surface area (TPSA) is 59.3 Å². The van der Waals surface area contributed by atoms with Gasteiger partial charge >= 0.3 is 0 Å². The van der Waals surface area contributed by atoms with Crippen LogP contribution < -0.4 is 5.32 Å². The molecule has 1 aromatic rings. The standard InChI is InChI=1S/C11H17NO3S/c13-16(14,9-11-4-2-6-15-11)8-10-3-1-5-12-7-10/h2,4,6,10,12H,1,3,5,7-9H2/t10-/m0/s1. The summed E-state index contributed by atoms with van der Waals surface area (Å²) in [5.74, 6) is 1.08. The summed E-state index contributed by atoms with van der Waals surface area (Å²) in [6.07, 6.45) is 3.58. The third-order valence-electron chi connectivity index (χ3n) is 2.83. The van der Waals surface area contributed by atoms with Gasteiger partial charge in [0, 0.05) is 0 Å². The molecule has 4 nitrogen and oxygen atoms in total. The van der Waals surface area contributed by atoms with Gasteiger partial charge in [-0.25, -0.2) is 8.42 Å². The SMILES string of the molecule is O=S(=O)(Cc1ccco1)C[C@H]1CCCNC1. The summed E-state index contributed by atoms with van der Waals surface area (Å²) in [6.45, 7) is 1.83. The molecule has 2 rings (SSSR count). The minimum atomic E-state index is -3.04. The van der Waals surface area contributed by atoms with E-state index in [2.05, 4.69) is 5.32 Å². The van der Waals surface area contributed by atoms with Crippen LogP contribution in [0.2, 0.25) is 0 Å². The molecule has 0 amide bonds. The van der Waals surface area contributed by atoms with E-state index in [-0.39, 0.29) is 17.4 Å². The normalized spacial score (nSPS) is 22.1. The number of sulfone groups is 1. The zero-order chi connectivity index (χ0) is 11.4. The van der Waals surface area contributed by atoms with Crippen molar-refractivity contribution in [2.45, 2.75) is 18.6 Å². The molecule has 0 spiro atoms. The Labute approximate surface area is 95.9 Å². The molecule has 1 aliphatic heterocycles. The second-order valence-electron chi connectivity index (χ2n) is 4.35. The highest BCUT2D eigenvalue weighted by Gasteiger charge is 2.22. The van der Waals surface area contributed by atoms with Crippen LogP contribution in [0.4, 0.5) is 0 Å². The molecule has 0 saturated carbocycles. The van der Waals surface area contributed by atoms with Crippen LogP contribution in [0.15, 0.2) is 22.8 Å². The van der Waals surface area contributed by atoms with Crippen molar-refractivity contribution in [2.24, 2.45) is 5.92 Å². The zero-order valence-corrected chi connectivity index (χ0v) is 10.0. The molecule has 1 saturated heterocycles. The van der Waals surface area contributed by atoms with Crippen LogP contribution >= 0.6 is 0 Å². The van der Waals surface area contributed by atoms with Gasteiger partial charge in [0.15, 0.2) is 9.84 Å². The predicted molar refractivity (Wildman–Crippen MR) is 61.8 cm³/mol. The molecule has 0 radical (unpaired) electrons. The van der Waals surface area contributed by atoms with E-state index in [4.69, 9.17) is 4.42 Å². The molecule has 1 aromatic heterocycles. The van der Waals surface area contributed by atoms with Gasteiger partial charge in [-0.05, 0) is 44.0 Å². The minimum absolute atomic E-state index is 0.0243. The number of rotatable bonds is 4. The van der Waals surface area contributed by atoms with Gasteiger partial charge in [-0.3, -0.25) is 0 Å². The molecule has 1 fully saturated rings. The largest absolute Gasteiger partial charge is 0.468 e. The maximum Gasteiger partial charge on any atom is 0.157 e. The van der Waals surface area contributed by atoms with Crippen LogP contribution in [0.5, 0.6) is 0 Å². The van der Waals surface area contributed by atoms with Gasteiger partial charge in [-0.15, -0.1) is 0 Å². The molecule has 0 unspecified atom stereocenters. The Morgan fingerprint density at radius 1 is 1.50 bits per heavy atom. The molecule has 1 aliphatic rings. The Balaban J connectivity index is 1.92. The third kappa shape index (κ3) is 3.35. The highest BCUT2D eigenvalue weighted by molar-refractivity contribution is 7.90. The first-order valence-corrected chi connectivity index (χ1v) is 7.41. The van der Waals surface area contributed by atoms with Gasteiger partial charge in [0.2, 0.25) is 0 Å². The van der Waals surface area contributed by atoms with Crippen LogP contribution in [0.1, 0.15) is 18.6 Å². The Morgan fingerprint density at radius 3 is 3.00 bits per heavy atom. The fourth-order valence-electron chi connectivity index (χ4n) is 2.10. The Kier molecular flexibility index (Phi) is 3.66. The molecule has 0 aromatic carbocycles. The monoisotopic (exact) mass is 243 g/mol.